The molecule has 1 heterocycles. The number of ether oxygens (including phenoxy) is 2. The fourth-order valence-electron chi connectivity index (χ4n) is 1.87. The maximum Gasteiger partial charge on any atom is 0.306 e. The van der Waals surface area contributed by atoms with E-state index in [4.69, 9.17) is 9.47 Å². The summed E-state index contributed by atoms with van der Waals surface area (Å²) in [6, 6.07) is -0.617. The Morgan fingerprint density at radius 1 is 1.37 bits per heavy atom. The normalized spacial score (nSPS) is 18.8. The molecule has 19 heavy (non-hydrogen) atoms. The lowest BCUT2D eigenvalue weighted by Gasteiger charge is -2.34. The molecule has 0 radical (unpaired) electrons. The zero-order valence-corrected chi connectivity index (χ0v) is 11.3. The van der Waals surface area contributed by atoms with E-state index in [9.17, 15) is 14.4 Å². The van der Waals surface area contributed by atoms with Crippen LogP contribution < -0.4 is 5.32 Å². The molecule has 7 heteroatoms. The van der Waals surface area contributed by atoms with Crippen molar-refractivity contribution in [3.63, 3.8) is 0 Å². The highest BCUT2D eigenvalue weighted by Crippen LogP contribution is 2.10. The quantitative estimate of drug-likeness (QED) is 0.669. The topological polar surface area (TPSA) is 84.9 Å². The van der Waals surface area contributed by atoms with Crippen LogP contribution >= 0.6 is 0 Å². The fraction of sp³-hybridized carbons (Fsp3) is 0.750. The lowest BCUT2D eigenvalue weighted by Crippen LogP contribution is -2.55. The highest BCUT2D eigenvalue weighted by Gasteiger charge is 2.32. The summed E-state index contributed by atoms with van der Waals surface area (Å²) in [6.07, 6.45) is 0.0802. The SMILES string of the molecule is CCOC(=O)CCC(=O)N1CCOCC1C(=O)NC. The van der Waals surface area contributed by atoms with Crippen LogP contribution in [0.2, 0.25) is 0 Å². The predicted octanol–water partition coefficient (Wildman–Crippen LogP) is -0.697. The van der Waals surface area contributed by atoms with E-state index in [-0.39, 0.29) is 31.3 Å². The Labute approximate surface area is 112 Å². The van der Waals surface area contributed by atoms with Gasteiger partial charge in [-0.2, -0.15) is 0 Å². The summed E-state index contributed by atoms with van der Waals surface area (Å²) in [5.41, 5.74) is 0. The van der Waals surface area contributed by atoms with Crippen molar-refractivity contribution in [1.29, 1.82) is 0 Å². The first kappa shape index (κ1) is 15.4. The van der Waals surface area contributed by atoms with Crippen LogP contribution in [0.15, 0.2) is 0 Å². The van der Waals surface area contributed by atoms with Crippen molar-refractivity contribution in [2.24, 2.45) is 0 Å². The second-order valence-electron chi connectivity index (χ2n) is 4.10. The number of esters is 1. The van der Waals surface area contributed by atoms with Crippen molar-refractivity contribution in [3.05, 3.63) is 0 Å². The van der Waals surface area contributed by atoms with Crippen LogP contribution in [-0.2, 0) is 23.9 Å². The van der Waals surface area contributed by atoms with Gasteiger partial charge in [-0.15, -0.1) is 0 Å². The zero-order chi connectivity index (χ0) is 14.3. The van der Waals surface area contributed by atoms with Crippen LogP contribution in [0.5, 0.6) is 0 Å². The van der Waals surface area contributed by atoms with Gasteiger partial charge in [0, 0.05) is 20.0 Å². The summed E-state index contributed by atoms with van der Waals surface area (Å²) in [6.45, 7) is 2.96. The van der Waals surface area contributed by atoms with Gasteiger partial charge in [-0.25, -0.2) is 0 Å². The molecule has 1 unspecified atom stereocenters. The van der Waals surface area contributed by atoms with Crippen LogP contribution in [0, 0.1) is 0 Å². The Hall–Kier alpha value is -1.63. The Balaban J connectivity index is 2.52. The van der Waals surface area contributed by atoms with Gasteiger partial charge in [-0.05, 0) is 6.92 Å². The van der Waals surface area contributed by atoms with E-state index in [1.807, 2.05) is 0 Å². The number of nitrogens with zero attached hydrogens (tertiary/aromatic N) is 1. The smallest absolute Gasteiger partial charge is 0.306 e. The Bertz CT molecular complexity index is 345. The van der Waals surface area contributed by atoms with Crippen LogP contribution in [0.25, 0.3) is 0 Å². The molecule has 1 saturated heterocycles. The van der Waals surface area contributed by atoms with Crippen molar-refractivity contribution in [1.82, 2.24) is 10.2 Å². The van der Waals surface area contributed by atoms with Gasteiger partial charge >= 0.3 is 5.97 Å². The molecule has 2 amide bonds. The highest BCUT2D eigenvalue weighted by molar-refractivity contribution is 5.89. The van der Waals surface area contributed by atoms with Gasteiger partial charge in [0.1, 0.15) is 6.04 Å². The summed E-state index contributed by atoms with van der Waals surface area (Å²) in [4.78, 5) is 36.3. The summed E-state index contributed by atoms with van der Waals surface area (Å²) in [7, 11) is 1.51. The summed E-state index contributed by atoms with van der Waals surface area (Å²) in [5, 5.41) is 2.50. The minimum atomic E-state index is -0.617. The molecule has 0 spiro atoms. The van der Waals surface area contributed by atoms with Crippen molar-refractivity contribution >= 4 is 17.8 Å². The number of morpholine rings is 1. The van der Waals surface area contributed by atoms with Gasteiger partial charge in [0.05, 0.1) is 26.2 Å². The second-order valence-corrected chi connectivity index (χ2v) is 4.10. The number of carbonyl (C=O) groups excluding carboxylic acids is 3. The third-order valence-electron chi connectivity index (χ3n) is 2.85. The van der Waals surface area contributed by atoms with E-state index in [1.165, 1.54) is 11.9 Å². The molecule has 0 saturated carbocycles. The van der Waals surface area contributed by atoms with Crippen LogP contribution in [-0.4, -0.2) is 62.1 Å². The highest BCUT2D eigenvalue weighted by atomic mass is 16.5. The number of nitrogens with one attached hydrogen (secondary N) is 1. The molecule has 1 fully saturated rings. The molecule has 1 N–H and O–H groups in total. The maximum atomic E-state index is 12.0. The monoisotopic (exact) mass is 272 g/mol. The lowest BCUT2D eigenvalue weighted by molar-refractivity contribution is -0.151. The summed E-state index contributed by atoms with van der Waals surface area (Å²) < 4.78 is 9.96. The third kappa shape index (κ3) is 4.51. The van der Waals surface area contributed by atoms with Crippen LogP contribution in [0.1, 0.15) is 19.8 Å². The van der Waals surface area contributed by atoms with Gasteiger partial charge in [0.15, 0.2) is 0 Å². The number of rotatable bonds is 5. The van der Waals surface area contributed by atoms with Crippen LogP contribution in [0.4, 0.5) is 0 Å². The van der Waals surface area contributed by atoms with Gasteiger partial charge in [-0.3, -0.25) is 14.4 Å². The maximum absolute atomic E-state index is 12.0. The first-order valence-electron chi connectivity index (χ1n) is 6.34. The molecule has 1 rings (SSSR count). The molecule has 0 aromatic carbocycles. The molecule has 0 aromatic rings. The average molecular weight is 272 g/mol. The molecule has 1 aliphatic heterocycles. The van der Waals surface area contributed by atoms with Gasteiger partial charge in [0.25, 0.3) is 0 Å². The third-order valence-corrected chi connectivity index (χ3v) is 2.85. The number of likely N-dealkylation sites (N-methyl/N-ethyl adjacent to an activating group) is 1. The second kappa shape index (κ2) is 7.73. The number of hydrogen-bond donors (Lipinski definition) is 1. The molecule has 0 aliphatic carbocycles. The van der Waals surface area contributed by atoms with E-state index in [0.717, 1.165) is 0 Å². The largest absolute Gasteiger partial charge is 0.466 e. The van der Waals surface area contributed by atoms with E-state index < -0.39 is 12.0 Å². The minimum absolute atomic E-state index is 0.0322. The minimum Gasteiger partial charge on any atom is -0.466 e. The molecular weight excluding hydrogens is 252 g/mol. The molecule has 7 nitrogen and oxygen atoms in total. The summed E-state index contributed by atoms with van der Waals surface area (Å²) in [5.74, 6) is -0.894. The van der Waals surface area contributed by atoms with Crippen molar-refractivity contribution < 1.29 is 23.9 Å². The lowest BCUT2D eigenvalue weighted by atomic mass is 10.1. The van der Waals surface area contributed by atoms with Gasteiger partial charge < -0.3 is 19.7 Å². The standard InChI is InChI=1S/C12H20N2O5/c1-3-19-11(16)5-4-10(15)14-6-7-18-8-9(14)12(17)13-2/h9H,3-8H2,1-2H3,(H,13,17). The molecule has 0 bridgehead atoms. The van der Waals surface area contributed by atoms with E-state index >= 15 is 0 Å². The van der Waals surface area contributed by atoms with Crippen molar-refractivity contribution in [3.8, 4) is 0 Å². The fourth-order valence-corrected chi connectivity index (χ4v) is 1.87. The predicted molar refractivity (Wildman–Crippen MR) is 66.3 cm³/mol. The average Bonchev–Trinajstić information content (AvgIpc) is 2.44. The molecule has 1 atom stereocenters. The van der Waals surface area contributed by atoms with E-state index in [2.05, 4.69) is 5.32 Å². The number of hydrogen-bond acceptors (Lipinski definition) is 5. The van der Waals surface area contributed by atoms with Gasteiger partial charge in [-0.1, -0.05) is 0 Å². The molecule has 1 aliphatic rings. The Morgan fingerprint density at radius 3 is 2.74 bits per heavy atom. The molecule has 0 aromatic heterocycles. The zero-order valence-electron chi connectivity index (χ0n) is 11.3. The summed E-state index contributed by atoms with van der Waals surface area (Å²) >= 11 is 0. The number of carbonyl (C=O) groups is 3. The molecule has 108 valence electrons. The van der Waals surface area contributed by atoms with E-state index in [1.54, 1.807) is 6.92 Å². The molecular formula is C12H20N2O5. The van der Waals surface area contributed by atoms with Crippen LogP contribution in [0.3, 0.4) is 0 Å². The van der Waals surface area contributed by atoms with Crippen molar-refractivity contribution in [2.75, 3.05) is 33.4 Å². The van der Waals surface area contributed by atoms with Crippen molar-refractivity contribution in [2.45, 2.75) is 25.8 Å². The Morgan fingerprint density at radius 2 is 2.11 bits per heavy atom. The number of amides is 2. The first-order chi connectivity index (χ1) is 9.10. The van der Waals surface area contributed by atoms with E-state index in [0.29, 0.717) is 19.8 Å². The van der Waals surface area contributed by atoms with Gasteiger partial charge in [0.2, 0.25) is 11.8 Å². The first-order valence-corrected chi connectivity index (χ1v) is 6.34. The Kier molecular flexibility index (Phi) is 6.27.